The molecule has 28 heavy (non-hydrogen) atoms. The van der Waals surface area contributed by atoms with E-state index in [0.717, 1.165) is 30.3 Å². The van der Waals surface area contributed by atoms with Crippen LogP contribution in [0.1, 0.15) is 19.3 Å². The minimum atomic E-state index is -3.72. The van der Waals surface area contributed by atoms with E-state index in [0.29, 0.717) is 30.5 Å². The molecule has 0 radical (unpaired) electrons. The summed E-state index contributed by atoms with van der Waals surface area (Å²) in [4.78, 5) is 17.5. The fourth-order valence-electron chi connectivity index (χ4n) is 3.31. The van der Waals surface area contributed by atoms with Crippen molar-refractivity contribution >= 4 is 48.7 Å². The number of aromatic amines is 1. The van der Waals surface area contributed by atoms with E-state index >= 15 is 0 Å². The number of nitrogens with zero attached hydrogens (tertiary/aromatic N) is 2. The van der Waals surface area contributed by atoms with E-state index in [1.807, 2.05) is 25.1 Å². The molecule has 0 atom stereocenters. The highest BCUT2D eigenvalue weighted by Gasteiger charge is 2.33. The van der Waals surface area contributed by atoms with Crippen molar-refractivity contribution in [1.82, 2.24) is 19.5 Å². The Bertz CT molecular complexity index is 952. The van der Waals surface area contributed by atoms with E-state index in [4.69, 9.17) is 0 Å². The van der Waals surface area contributed by atoms with Gasteiger partial charge in [-0.1, -0.05) is 15.9 Å². The van der Waals surface area contributed by atoms with Gasteiger partial charge in [-0.25, -0.2) is 13.2 Å². The van der Waals surface area contributed by atoms with Gasteiger partial charge in [0.1, 0.15) is 10.7 Å². The number of aromatic nitrogens is 1. The van der Waals surface area contributed by atoms with Crippen LogP contribution in [0.4, 0.5) is 10.6 Å². The minimum absolute atomic E-state index is 0.120. The molecular weight excluding hydrogens is 446 g/mol. The first-order valence-electron chi connectivity index (χ1n) is 9.30. The van der Waals surface area contributed by atoms with Crippen molar-refractivity contribution in [2.45, 2.75) is 24.2 Å². The Hall–Kier alpha value is -1.62. The maximum atomic E-state index is 13.3. The lowest BCUT2D eigenvalue weighted by Gasteiger charge is -2.17. The highest BCUT2D eigenvalue weighted by atomic mass is 79.9. The molecule has 3 rings (SSSR count). The number of hydrogen-bond acceptors (Lipinski definition) is 4. The van der Waals surface area contributed by atoms with Crippen molar-refractivity contribution in [3.05, 3.63) is 22.7 Å². The average Bonchev–Trinajstić information content (AvgIpc) is 3.26. The highest BCUT2D eigenvalue weighted by molar-refractivity contribution is 9.10. The number of rotatable bonds is 7. The minimum Gasteiger partial charge on any atom is -0.340 e. The molecule has 8 nitrogen and oxygen atoms in total. The van der Waals surface area contributed by atoms with Gasteiger partial charge in [-0.2, -0.15) is 4.31 Å². The van der Waals surface area contributed by atoms with Gasteiger partial charge in [-0.15, -0.1) is 0 Å². The molecule has 2 aromatic rings. The van der Waals surface area contributed by atoms with Crippen LogP contribution in [0.3, 0.4) is 0 Å². The number of halogens is 1. The van der Waals surface area contributed by atoms with Gasteiger partial charge in [0.15, 0.2) is 0 Å². The third-order valence-corrected chi connectivity index (χ3v) is 7.16. The van der Waals surface area contributed by atoms with Gasteiger partial charge < -0.3 is 15.2 Å². The lowest BCUT2D eigenvalue weighted by molar-refractivity contribution is 0.251. The molecule has 0 spiro atoms. The van der Waals surface area contributed by atoms with E-state index in [-0.39, 0.29) is 10.7 Å². The third-order valence-electron chi connectivity index (χ3n) is 4.68. The summed E-state index contributed by atoms with van der Waals surface area (Å²) in [5.74, 6) is 0.199. The molecule has 1 saturated heterocycles. The maximum Gasteiger partial charge on any atom is 0.320 e. The first-order chi connectivity index (χ1) is 13.3. The lowest BCUT2D eigenvalue weighted by Crippen LogP contribution is -2.33. The number of sulfonamides is 1. The number of anilines is 1. The van der Waals surface area contributed by atoms with E-state index in [2.05, 4.69) is 31.5 Å². The second kappa shape index (κ2) is 8.81. The van der Waals surface area contributed by atoms with E-state index in [1.54, 1.807) is 12.1 Å². The van der Waals surface area contributed by atoms with Crippen LogP contribution in [-0.2, 0) is 10.0 Å². The Morgan fingerprint density at radius 3 is 2.68 bits per heavy atom. The van der Waals surface area contributed by atoms with Gasteiger partial charge in [0.05, 0.1) is 0 Å². The summed E-state index contributed by atoms with van der Waals surface area (Å²) >= 11 is 3.40. The topological polar surface area (TPSA) is 97.5 Å². The van der Waals surface area contributed by atoms with Crippen LogP contribution in [0.15, 0.2) is 27.6 Å². The Morgan fingerprint density at radius 1 is 1.29 bits per heavy atom. The first-order valence-corrected chi connectivity index (χ1v) is 11.5. The molecule has 1 aromatic heterocycles. The molecule has 1 aliphatic rings. The highest BCUT2D eigenvalue weighted by Crippen LogP contribution is 2.35. The predicted molar refractivity (Wildman–Crippen MR) is 114 cm³/mol. The summed E-state index contributed by atoms with van der Waals surface area (Å²) in [6, 6.07) is 4.95. The molecule has 3 N–H and O–H groups in total. The van der Waals surface area contributed by atoms with Gasteiger partial charge in [0, 0.05) is 35.0 Å². The molecule has 1 fully saturated rings. The molecular formula is C18H26BrN5O3S. The van der Waals surface area contributed by atoms with Crippen LogP contribution in [-0.4, -0.2) is 68.9 Å². The van der Waals surface area contributed by atoms with Crippen molar-refractivity contribution < 1.29 is 13.2 Å². The predicted octanol–water partition coefficient (Wildman–Crippen LogP) is 2.79. The zero-order valence-corrected chi connectivity index (χ0v) is 18.5. The van der Waals surface area contributed by atoms with Crippen LogP contribution in [0.2, 0.25) is 0 Å². The van der Waals surface area contributed by atoms with Crippen LogP contribution in [0.25, 0.3) is 10.9 Å². The van der Waals surface area contributed by atoms with Crippen LogP contribution in [0.5, 0.6) is 0 Å². The Balaban J connectivity index is 1.88. The first kappa shape index (κ1) is 21.1. The number of benzene rings is 1. The largest absolute Gasteiger partial charge is 0.340 e. The molecule has 10 heteroatoms. The van der Waals surface area contributed by atoms with E-state index in [1.165, 1.54) is 4.31 Å². The number of urea groups is 1. The second-order valence-electron chi connectivity index (χ2n) is 7.17. The number of carbonyl (C=O) groups excluding carboxylic acids is 1. The smallest absolute Gasteiger partial charge is 0.320 e. The monoisotopic (exact) mass is 471 g/mol. The molecule has 1 aromatic carbocycles. The number of H-pyrrole nitrogens is 1. The average molecular weight is 472 g/mol. The molecule has 0 saturated carbocycles. The molecule has 1 aliphatic heterocycles. The lowest BCUT2D eigenvalue weighted by atomic mass is 10.2. The van der Waals surface area contributed by atoms with Gasteiger partial charge in [0.25, 0.3) is 0 Å². The standard InChI is InChI=1S/C18H26BrN5O3S/c1-23(2)9-5-8-20-18(25)22-17-16(28(26,27)24-10-3-4-11-24)14-12-13(19)6-7-15(14)21-17/h6-7,12,21H,3-5,8-11H2,1-2H3,(H2,20,22,25). The third kappa shape index (κ3) is 4.68. The molecule has 2 heterocycles. The fraction of sp³-hybridized carbons (Fsp3) is 0.500. The van der Waals surface area contributed by atoms with Gasteiger partial charge in [-0.05, 0) is 58.1 Å². The zero-order chi connectivity index (χ0) is 20.3. The van der Waals surface area contributed by atoms with Crippen molar-refractivity contribution in [3.63, 3.8) is 0 Å². The number of amides is 2. The SMILES string of the molecule is CN(C)CCCNC(=O)Nc1[nH]c2ccc(Br)cc2c1S(=O)(=O)N1CCCC1. The van der Waals surface area contributed by atoms with Crippen molar-refractivity contribution in [1.29, 1.82) is 0 Å². The second-order valence-corrected chi connectivity index (χ2v) is 9.96. The quantitative estimate of drug-likeness (QED) is 0.540. The van der Waals surface area contributed by atoms with Crippen LogP contribution < -0.4 is 10.6 Å². The van der Waals surface area contributed by atoms with Gasteiger partial charge in [-0.3, -0.25) is 5.32 Å². The Labute approximate surface area is 173 Å². The maximum absolute atomic E-state index is 13.3. The molecule has 0 bridgehead atoms. The summed E-state index contributed by atoms with van der Waals surface area (Å²) in [6.45, 7) is 2.36. The molecule has 2 amide bonds. The number of fused-ring (bicyclic) bond motifs is 1. The Morgan fingerprint density at radius 2 is 2.00 bits per heavy atom. The summed E-state index contributed by atoms with van der Waals surface area (Å²) in [7, 11) is 0.222. The molecule has 0 aliphatic carbocycles. The Kier molecular flexibility index (Phi) is 6.64. The normalized spacial score (nSPS) is 15.4. The summed E-state index contributed by atoms with van der Waals surface area (Å²) < 4.78 is 28.8. The molecule has 154 valence electrons. The van der Waals surface area contributed by atoms with Crippen molar-refractivity contribution in [3.8, 4) is 0 Å². The van der Waals surface area contributed by atoms with Crippen LogP contribution >= 0.6 is 15.9 Å². The molecule has 0 unspecified atom stereocenters. The van der Waals surface area contributed by atoms with Gasteiger partial charge >= 0.3 is 6.03 Å². The number of carbonyl (C=O) groups is 1. The van der Waals surface area contributed by atoms with E-state index in [9.17, 15) is 13.2 Å². The zero-order valence-electron chi connectivity index (χ0n) is 16.1. The number of nitrogens with one attached hydrogen (secondary N) is 3. The fourth-order valence-corrected chi connectivity index (χ4v) is 5.47. The summed E-state index contributed by atoms with van der Waals surface area (Å²) in [5.41, 5.74) is 0.656. The van der Waals surface area contributed by atoms with Crippen molar-refractivity contribution in [2.24, 2.45) is 0 Å². The van der Waals surface area contributed by atoms with Crippen molar-refractivity contribution in [2.75, 3.05) is 45.6 Å². The number of hydrogen-bond donors (Lipinski definition) is 3. The summed E-state index contributed by atoms with van der Waals surface area (Å²) in [6.07, 6.45) is 2.50. The summed E-state index contributed by atoms with van der Waals surface area (Å²) in [5, 5.41) is 6.03. The van der Waals surface area contributed by atoms with Gasteiger partial charge in [0.2, 0.25) is 10.0 Å². The van der Waals surface area contributed by atoms with E-state index < -0.39 is 16.1 Å². The van der Waals surface area contributed by atoms with Crippen LogP contribution in [0, 0.1) is 0 Å².